The molecule has 0 aliphatic carbocycles. The van der Waals surface area contributed by atoms with Crippen LogP contribution < -0.4 is 5.32 Å². The van der Waals surface area contributed by atoms with Gasteiger partial charge in [-0.05, 0) is 12.8 Å². The number of amides is 2. The van der Waals surface area contributed by atoms with E-state index in [1.807, 2.05) is 6.92 Å². The summed E-state index contributed by atoms with van der Waals surface area (Å²) in [5, 5.41) is 9.62. The average Bonchev–Trinajstić information content (AvgIpc) is 3.12. The van der Waals surface area contributed by atoms with Crippen LogP contribution in [0.2, 0.25) is 0 Å². The average molecular weight is 328 g/mol. The lowest BCUT2D eigenvalue weighted by Crippen LogP contribution is -2.48. The summed E-state index contributed by atoms with van der Waals surface area (Å²) in [5.74, 6) is -0.276. The fraction of sp³-hybridized carbons (Fsp3) is 0.438. The van der Waals surface area contributed by atoms with Gasteiger partial charge in [-0.1, -0.05) is 6.92 Å². The van der Waals surface area contributed by atoms with E-state index in [2.05, 4.69) is 25.5 Å². The van der Waals surface area contributed by atoms with Crippen LogP contribution in [-0.2, 0) is 5.41 Å². The quantitative estimate of drug-likeness (QED) is 0.865. The maximum atomic E-state index is 12.7. The standard InChI is InChI=1S/C16H20N6O2/c1-16(13-12(8-20-21-13)14(23)17-2)4-3-5-22(9-16)15(24)11-6-18-10-19-7-11/h6-8,10H,3-5,9H2,1-2H3,(H,17,23)(H,20,21)/t16-/m0/s1. The predicted molar refractivity (Wildman–Crippen MR) is 86.5 cm³/mol. The van der Waals surface area contributed by atoms with Crippen LogP contribution in [0.5, 0.6) is 0 Å². The van der Waals surface area contributed by atoms with Crippen molar-refractivity contribution < 1.29 is 9.59 Å². The number of hydrogen-bond acceptors (Lipinski definition) is 5. The number of piperidine rings is 1. The Morgan fingerprint density at radius 1 is 1.29 bits per heavy atom. The molecule has 126 valence electrons. The molecule has 0 radical (unpaired) electrons. The topological polar surface area (TPSA) is 104 Å². The SMILES string of the molecule is CNC(=O)c1cn[nH]c1[C@@]1(C)CCCN(C(=O)c2cncnc2)C1. The molecular weight excluding hydrogens is 308 g/mol. The van der Waals surface area contributed by atoms with Crippen molar-refractivity contribution in [3.05, 3.63) is 41.7 Å². The lowest BCUT2D eigenvalue weighted by molar-refractivity contribution is 0.0646. The van der Waals surface area contributed by atoms with E-state index in [1.54, 1.807) is 11.9 Å². The second-order valence-corrected chi connectivity index (χ2v) is 6.26. The first-order valence-corrected chi connectivity index (χ1v) is 7.85. The summed E-state index contributed by atoms with van der Waals surface area (Å²) in [5.41, 5.74) is 1.40. The van der Waals surface area contributed by atoms with Crippen molar-refractivity contribution in [3.8, 4) is 0 Å². The first-order valence-electron chi connectivity index (χ1n) is 7.85. The highest BCUT2D eigenvalue weighted by Crippen LogP contribution is 2.34. The van der Waals surface area contributed by atoms with Gasteiger partial charge in [0.25, 0.3) is 11.8 Å². The van der Waals surface area contributed by atoms with Crippen molar-refractivity contribution in [2.75, 3.05) is 20.1 Å². The van der Waals surface area contributed by atoms with E-state index in [-0.39, 0.29) is 17.2 Å². The van der Waals surface area contributed by atoms with Gasteiger partial charge in [-0.15, -0.1) is 0 Å². The predicted octanol–water partition coefficient (Wildman–Crippen LogP) is 0.753. The van der Waals surface area contributed by atoms with Crippen LogP contribution in [0.1, 0.15) is 46.2 Å². The zero-order valence-corrected chi connectivity index (χ0v) is 13.7. The van der Waals surface area contributed by atoms with E-state index in [0.717, 1.165) is 18.5 Å². The van der Waals surface area contributed by atoms with Gasteiger partial charge < -0.3 is 10.2 Å². The fourth-order valence-corrected chi connectivity index (χ4v) is 3.26. The maximum Gasteiger partial charge on any atom is 0.257 e. The second kappa shape index (κ2) is 6.38. The summed E-state index contributed by atoms with van der Waals surface area (Å²) in [6.45, 7) is 3.23. The Morgan fingerprint density at radius 2 is 2.04 bits per heavy atom. The summed E-state index contributed by atoms with van der Waals surface area (Å²) in [6.07, 6.45) is 7.69. The molecule has 2 amide bonds. The maximum absolute atomic E-state index is 12.7. The Kier molecular flexibility index (Phi) is 4.28. The highest BCUT2D eigenvalue weighted by Gasteiger charge is 2.38. The van der Waals surface area contributed by atoms with Gasteiger partial charge >= 0.3 is 0 Å². The largest absolute Gasteiger partial charge is 0.355 e. The van der Waals surface area contributed by atoms with Crippen molar-refractivity contribution in [2.24, 2.45) is 0 Å². The van der Waals surface area contributed by atoms with Crippen molar-refractivity contribution >= 4 is 11.8 Å². The molecule has 0 bridgehead atoms. The van der Waals surface area contributed by atoms with Crippen molar-refractivity contribution in [1.29, 1.82) is 0 Å². The first kappa shape index (κ1) is 16.1. The third kappa shape index (κ3) is 2.86. The number of rotatable bonds is 3. The van der Waals surface area contributed by atoms with Crippen LogP contribution in [0.4, 0.5) is 0 Å². The molecule has 1 aliphatic rings. The number of nitrogens with zero attached hydrogens (tertiary/aromatic N) is 4. The third-order valence-corrected chi connectivity index (χ3v) is 4.51. The number of likely N-dealkylation sites (tertiary alicyclic amines) is 1. The van der Waals surface area contributed by atoms with E-state index in [0.29, 0.717) is 24.2 Å². The third-order valence-electron chi connectivity index (χ3n) is 4.51. The molecule has 8 nitrogen and oxygen atoms in total. The Morgan fingerprint density at radius 3 is 2.75 bits per heavy atom. The molecule has 0 saturated carbocycles. The van der Waals surface area contributed by atoms with Crippen LogP contribution >= 0.6 is 0 Å². The number of carbonyl (C=O) groups excluding carboxylic acids is 2. The number of carbonyl (C=O) groups is 2. The van der Waals surface area contributed by atoms with Gasteiger partial charge in [0.1, 0.15) is 6.33 Å². The normalized spacial score (nSPS) is 20.7. The van der Waals surface area contributed by atoms with Crippen molar-refractivity contribution in [2.45, 2.75) is 25.2 Å². The molecule has 2 aromatic rings. The van der Waals surface area contributed by atoms with Gasteiger partial charge in [0.2, 0.25) is 0 Å². The van der Waals surface area contributed by atoms with Crippen molar-refractivity contribution in [1.82, 2.24) is 30.4 Å². The molecule has 1 saturated heterocycles. The number of H-pyrrole nitrogens is 1. The lowest BCUT2D eigenvalue weighted by atomic mass is 9.77. The van der Waals surface area contributed by atoms with Crippen LogP contribution in [0, 0.1) is 0 Å². The molecule has 0 aromatic carbocycles. The van der Waals surface area contributed by atoms with Gasteiger partial charge in [0, 0.05) is 37.9 Å². The first-order chi connectivity index (χ1) is 11.5. The highest BCUT2D eigenvalue weighted by atomic mass is 16.2. The Bertz CT molecular complexity index is 744. The Labute approximate surface area is 139 Å². The molecule has 1 aliphatic heterocycles. The zero-order valence-electron chi connectivity index (χ0n) is 13.7. The molecule has 2 aromatic heterocycles. The second-order valence-electron chi connectivity index (χ2n) is 6.26. The van der Waals surface area contributed by atoms with E-state index in [9.17, 15) is 9.59 Å². The number of aromatic amines is 1. The van der Waals surface area contributed by atoms with Gasteiger partial charge in [0.05, 0.1) is 23.0 Å². The number of nitrogens with one attached hydrogen (secondary N) is 2. The van der Waals surface area contributed by atoms with E-state index < -0.39 is 0 Å². The van der Waals surface area contributed by atoms with Crippen LogP contribution in [0.25, 0.3) is 0 Å². The Balaban J connectivity index is 1.86. The molecule has 24 heavy (non-hydrogen) atoms. The van der Waals surface area contributed by atoms with Gasteiger partial charge in [-0.3, -0.25) is 14.7 Å². The molecule has 0 spiro atoms. The summed E-state index contributed by atoms with van der Waals surface area (Å²) >= 11 is 0. The zero-order chi connectivity index (χ0) is 17.2. The monoisotopic (exact) mass is 328 g/mol. The van der Waals surface area contributed by atoms with Crippen LogP contribution in [0.15, 0.2) is 24.9 Å². The molecule has 1 atom stereocenters. The molecule has 8 heteroatoms. The number of hydrogen-bond donors (Lipinski definition) is 2. The van der Waals surface area contributed by atoms with Gasteiger partial charge in [-0.2, -0.15) is 5.10 Å². The summed E-state index contributed by atoms with van der Waals surface area (Å²) in [4.78, 5) is 34.3. The van der Waals surface area contributed by atoms with Gasteiger partial charge in [0.15, 0.2) is 0 Å². The molecular formula is C16H20N6O2. The van der Waals surface area contributed by atoms with Crippen molar-refractivity contribution in [3.63, 3.8) is 0 Å². The fourth-order valence-electron chi connectivity index (χ4n) is 3.26. The van der Waals surface area contributed by atoms with Gasteiger partial charge in [-0.25, -0.2) is 9.97 Å². The minimum atomic E-state index is -0.359. The molecule has 0 unspecified atom stereocenters. The van der Waals surface area contributed by atoms with E-state index >= 15 is 0 Å². The summed E-state index contributed by atoms with van der Waals surface area (Å²) in [6, 6.07) is 0. The van der Waals surface area contributed by atoms with E-state index in [4.69, 9.17) is 0 Å². The highest BCUT2D eigenvalue weighted by molar-refractivity contribution is 5.95. The molecule has 1 fully saturated rings. The minimum absolute atomic E-state index is 0.0949. The van der Waals surface area contributed by atoms with Crippen LogP contribution in [0.3, 0.4) is 0 Å². The molecule has 3 rings (SSSR count). The summed E-state index contributed by atoms with van der Waals surface area (Å²) in [7, 11) is 1.59. The smallest absolute Gasteiger partial charge is 0.257 e. The molecule has 2 N–H and O–H groups in total. The van der Waals surface area contributed by atoms with Crippen LogP contribution in [-0.4, -0.2) is 57.0 Å². The Hall–Kier alpha value is -2.77. The lowest BCUT2D eigenvalue weighted by Gasteiger charge is -2.40. The summed E-state index contributed by atoms with van der Waals surface area (Å²) < 4.78 is 0. The molecule has 3 heterocycles. The van der Waals surface area contributed by atoms with E-state index in [1.165, 1.54) is 24.9 Å². The number of aromatic nitrogens is 4. The minimum Gasteiger partial charge on any atom is -0.355 e.